The summed E-state index contributed by atoms with van der Waals surface area (Å²) in [6, 6.07) is 7.40. The van der Waals surface area contributed by atoms with E-state index in [0.717, 1.165) is 24.9 Å². The van der Waals surface area contributed by atoms with Gasteiger partial charge >= 0.3 is 0 Å². The van der Waals surface area contributed by atoms with Gasteiger partial charge in [-0.25, -0.2) is 9.37 Å². The van der Waals surface area contributed by atoms with E-state index in [-0.39, 0.29) is 23.9 Å². The monoisotopic (exact) mass is 386 g/mol. The summed E-state index contributed by atoms with van der Waals surface area (Å²) in [4.78, 5) is 31.2. The smallest absolute Gasteiger partial charge is 0.261 e. The SMILES string of the molecule is CCN(CC)C(CNC(=O)Cn1cnc2ccc(F)cc2c1=O)c1ccco1. The highest BCUT2D eigenvalue weighted by molar-refractivity contribution is 5.79. The molecule has 1 unspecified atom stereocenters. The summed E-state index contributed by atoms with van der Waals surface area (Å²) in [7, 11) is 0. The molecule has 148 valence electrons. The lowest BCUT2D eigenvalue weighted by Crippen LogP contribution is -2.40. The van der Waals surface area contributed by atoms with E-state index in [9.17, 15) is 14.0 Å². The zero-order valence-corrected chi connectivity index (χ0v) is 15.9. The summed E-state index contributed by atoms with van der Waals surface area (Å²) in [6.45, 7) is 5.84. The van der Waals surface area contributed by atoms with Gasteiger partial charge in [0.05, 0.1) is 29.5 Å². The van der Waals surface area contributed by atoms with Crippen LogP contribution < -0.4 is 10.9 Å². The van der Waals surface area contributed by atoms with E-state index < -0.39 is 11.4 Å². The third-order valence-corrected chi connectivity index (χ3v) is 4.72. The van der Waals surface area contributed by atoms with Crippen LogP contribution in [0.15, 0.2) is 52.1 Å². The van der Waals surface area contributed by atoms with Gasteiger partial charge in [-0.05, 0) is 43.4 Å². The van der Waals surface area contributed by atoms with Crippen molar-refractivity contribution >= 4 is 16.8 Å². The summed E-state index contributed by atoms with van der Waals surface area (Å²) >= 11 is 0. The molecule has 28 heavy (non-hydrogen) atoms. The molecule has 1 amide bonds. The molecule has 7 nitrogen and oxygen atoms in total. The second kappa shape index (κ2) is 8.79. The van der Waals surface area contributed by atoms with Crippen LogP contribution in [0.3, 0.4) is 0 Å². The minimum absolute atomic E-state index is 0.102. The van der Waals surface area contributed by atoms with Crippen molar-refractivity contribution in [2.45, 2.75) is 26.4 Å². The fraction of sp³-hybridized carbons (Fsp3) is 0.350. The summed E-state index contributed by atoms with van der Waals surface area (Å²) in [5, 5.41) is 3.00. The van der Waals surface area contributed by atoms with Crippen LogP contribution in [0.5, 0.6) is 0 Å². The van der Waals surface area contributed by atoms with Crippen LogP contribution in [-0.2, 0) is 11.3 Å². The molecule has 3 aromatic rings. The minimum Gasteiger partial charge on any atom is -0.468 e. The van der Waals surface area contributed by atoms with E-state index in [1.807, 2.05) is 26.0 Å². The Hall–Kier alpha value is -3.00. The van der Waals surface area contributed by atoms with Gasteiger partial charge in [0.1, 0.15) is 18.1 Å². The Morgan fingerprint density at radius 2 is 2.11 bits per heavy atom. The quantitative estimate of drug-likeness (QED) is 0.643. The van der Waals surface area contributed by atoms with Crippen LogP contribution in [0.4, 0.5) is 4.39 Å². The number of hydrogen-bond donors (Lipinski definition) is 1. The predicted molar refractivity (Wildman–Crippen MR) is 103 cm³/mol. The van der Waals surface area contributed by atoms with Gasteiger partial charge in [0.2, 0.25) is 5.91 Å². The molecule has 0 saturated heterocycles. The molecule has 0 saturated carbocycles. The molecule has 0 aliphatic rings. The van der Waals surface area contributed by atoms with Gasteiger partial charge < -0.3 is 9.73 Å². The molecule has 0 aliphatic heterocycles. The molecule has 0 bridgehead atoms. The molecule has 2 aromatic heterocycles. The molecule has 1 aromatic carbocycles. The molecule has 8 heteroatoms. The van der Waals surface area contributed by atoms with E-state index >= 15 is 0 Å². The maximum Gasteiger partial charge on any atom is 0.261 e. The third kappa shape index (κ3) is 4.28. The molecule has 0 spiro atoms. The van der Waals surface area contributed by atoms with Gasteiger partial charge in [0.15, 0.2) is 0 Å². The van der Waals surface area contributed by atoms with Crippen molar-refractivity contribution in [1.29, 1.82) is 0 Å². The van der Waals surface area contributed by atoms with Crippen molar-refractivity contribution in [3.63, 3.8) is 0 Å². The Morgan fingerprint density at radius 3 is 2.79 bits per heavy atom. The average molecular weight is 386 g/mol. The number of benzene rings is 1. The van der Waals surface area contributed by atoms with Gasteiger partial charge in [-0.15, -0.1) is 0 Å². The Balaban J connectivity index is 1.72. The normalized spacial score (nSPS) is 12.4. The molecule has 1 N–H and O–H groups in total. The van der Waals surface area contributed by atoms with Crippen molar-refractivity contribution in [1.82, 2.24) is 19.8 Å². The molecular formula is C20H23FN4O3. The first-order chi connectivity index (χ1) is 13.5. The van der Waals surface area contributed by atoms with Crippen molar-refractivity contribution in [3.8, 4) is 0 Å². The summed E-state index contributed by atoms with van der Waals surface area (Å²) in [5.74, 6) is -0.0820. The number of carbonyl (C=O) groups is 1. The molecule has 3 rings (SSSR count). The van der Waals surface area contributed by atoms with E-state index in [1.54, 1.807) is 6.26 Å². The number of nitrogens with zero attached hydrogens (tertiary/aromatic N) is 3. The Bertz CT molecular complexity index is 996. The number of amides is 1. The minimum atomic E-state index is -0.519. The highest BCUT2D eigenvalue weighted by atomic mass is 19.1. The molecular weight excluding hydrogens is 363 g/mol. The highest BCUT2D eigenvalue weighted by Crippen LogP contribution is 2.20. The topological polar surface area (TPSA) is 80.4 Å². The van der Waals surface area contributed by atoms with Crippen molar-refractivity contribution < 1.29 is 13.6 Å². The van der Waals surface area contributed by atoms with E-state index in [1.165, 1.54) is 23.0 Å². The Morgan fingerprint density at radius 1 is 1.32 bits per heavy atom. The third-order valence-electron chi connectivity index (χ3n) is 4.72. The second-order valence-electron chi connectivity index (χ2n) is 6.40. The van der Waals surface area contributed by atoms with E-state index in [4.69, 9.17) is 4.42 Å². The van der Waals surface area contributed by atoms with Gasteiger partial charge in [-0.2, -0.15) is 0 Å². The van der Waals surface area contributed by atoms with Crippen molar-refractivity contribution in [2.75, 3.05) is 19.6 Å². The van der Waals surface area contributed by atoms with Crippen LogP contribution in [0.2, 0.25) is 0 Å². The number of halogens is 1. The lowest BCUT2D eigenvalue weighted by molar-refractivity contribution is -0.122. The second-order valence-corrected chi connectivity index (χ2v) is 6.40. The largest absolute Gasteiger partial charge is 0.468 e. The number of hydrogen-bond acceptors (Lipinski definition) is 5. The number of aromatic nitrogens is 2. The fourth-order valence-electron chi connectivity index (χ4n) is 3.22. The van der Waals surface area contributed by atoms with Gasteiger partial charge in [0.25, 0.3) is 5.56 Å². The first-order valence-corrected chi connectivity index (χ1v) is 9.22. The number of carbonyl (C=O) groups excluding carboxylic acids is 1. The lowest BCUT2D eigenvalue weighted by Gasteiger charge is -2.28. The van der Waals surface area contributed by atoms with Crippen molar-refractivity contribution in [3.05, 3.63) is 64.9 Å². The molecule has 2 heterocycles. The lowest BCUT2D eigenvalue weighted by atomic mass is 10.2. The molecule has 1 atom stereocenters. The molecule has 0 aliphatic carbocycles. The van der Waals surface area contributed by atoms with Gasteiger partial charge in [-0.1, -0.05) is 13.8 Å². The maximum absolute atomic E-state index is 13.4. The fourth-order valence-corrected chi connectivity index (χ4v) is 3.22. The van der Waals surface area contributed by atoms with E-state index in [2.05, 4.69) is 15.2 Å². The summed E-state index contributed by atoms with van der Waals surface area (Å²) in [6.07, 6.45) is 2.91. The highest BCUT2D eigenvalue weighted by Gasteiger charge is 2.21. The van der Waals surface area contributed by atoms with Crippen LogP contribution in [0, 0.1) is 5.82 Å². The molecule has 0 fully saturated rings. The number of nitrogens with one attached hydrogen (secondary N) is 1. The average Bonchev–Trinajstić information content (AvgIpc) is 3.22. The van der Waals surface area contributed by atoms with Crippen LogP contribution in [-0.4, -0.2) is 40.0 Å². The number of rotatable bonds is 8. The van der Waals surface area contributed by atoms with Crippen LogP contribution in [0.25, 0.3) is 10.9 Å². The standard InChI is InChI=1S/C20H23FN4O3/c1-3-24(4-2)17(18-6-5-9-28-18)11-22-19(26)12-25-13-23-16-8-7-14(21)10-15(16)20(25)27/h5-10,13,17H,3-4,11-12H2,1-2H3,(H,22,26). The van der Waals surface area contributed by atoms with Crippen LogP contribution >= 0.6 is 0 Å². The number of furan rings is 1. The zero-order chi connectivity index (χ0) is 20.1. The predicted octanol–water partition coefficient (Wildman–Crippen LogP) is 2.33. The summed E-state index contributed by atoms with van der Waals surface area (Å²) in [5.41, 5.74) is -0.0616. The zero-order valence-electron chi connectivity index (χ0n) is 15.9. The Labute approximate surface area is 161 Å². The van der Waals surface area contributed by atoms with Crippen molar-refractivity contribution in [2.24, 2.45) is 0 Å². The van der Waals surface area contributed by atoms with Gasteiger partial charge in [-0.3, -0.25) is 19.1 Å². The number of likely N-dealkylation sites (N-methyl/N-ethyl adjacent to an activating group) is 1. The number of fused-ring (bicyclic) bond motifs is 1. The van der Waals surface area contributed by atoms with Crippen LogP contribution in [0.1, 0.15) is 25.6 Å². The molecule has 0 radical (unpaired) electrons. The first-order valence-electron chi connectivity index (χ1n) is 9.22. The maximum atomic E-state index is 13.4. The Kier molecular flexibility index (Phi) is 6.20. The van der Waals surface area contributed by atoms with E-state index in [0.29, 0.717) is 12.1 Å². The summed E-state index contributed by atoms with van der Waals surface area (Å²) < 4.78 is 20.1. The first kappa shape index (κ1) is 19.8. The van der Waals surface area contributed by atoms with Gasteiger partial charge in [0, 0.05) is 6.54 Å².